The Bertz CT molecular complexity index is 626. The van der Waals surface area contributed by atoms with Gasteiger partial charge in [-0.2, -0.15) is 0 Å². The summed E-state index contributed by atoms with van der Waals surface area (Å²) in [5.41, 5.74) is 0.984. The topological polar surface area (TPSA) is 66.4 Å². The van der Waals surface area contributed by atoms with Crippen molar-refractivity contribution >= 4 is 11.9 Å². The molecule has 0 spiro atoms. The SMILES string of the molecule is O=C(O)C[C@@H](NC(=O)c1ccccc1)c1ccc(F)cc1. The highest BCUT2D eigenvalue weighted by atomic mass is 19.1. The third-order valence-corrected chi connectivity index (χ3v) is 2.99. The first-order chi connectivity index (χ1) is 10.1. The molecule has 0 heterocycles. The zero-order valence-electron chi connectivity index (χ0n) is 11.1. The number of carbonyl (C=O) groups is 2. The molecular formula is C16H14FNO3. The monoisotopic (exact) mass is 287 g/mol. The Balaban J connectivity index is 2.18. The molecule has 0 aliphatic carbocycles. The highest BCUT2D eigenvalue weighted by molar-refractivity contribution is 5.94. The van der Waals surface area contributed by atoms with Crippen LogP contribution in [0.2, 0.25) is 0 Å². The van der Waals surface area contributed by atoms with Crippen LogP contribution in [0.5, 0.6) is 0 Å². The predicted molar refractivity (Wildman–Crippen MR) is 75.3 cm³/mol. The first-order valence-electron chi connectivity index (χ1n) is 6.39. The molecule has 2 N–H and O–H groups in total. The van der Waals surface area contributed by atoms with E-state index >= 15 is 0 Å². The molecule has 0 bridgehead atoms. The number of rotatable bonds is 5. The van der Waals surface area contributed by atoms with Gasteiger partial charge in [0, 0.05) is 5.56 Å². The van der Waals surface area contributed by atoms with Gasteiger partial charge in [0.15, 0.2) is 0 Å². The number of benzene rings is 2. The number of nitrogens with one attached hydrogen (secondary N) is 1. The number of hydrogen-bond acceptors (Lipinski definition) is 2. The summed E-state index contributed by atoms with van der Waals surface area (Å²) in [7, 11) is 0. The quantitative estimate of drug-likeness (QED) is 0.888. The van der Waals surface area contributed by atoms with Crippen molar-refractivity contribution in [2.75, 3.05) is 0 Å². The Morgan fingerprint density at radius 1 is 1.05 bits per heavy atom. The number of amides is 1. The maximum atomic E-state index is 12.9. The fraction of sp³-hybridized carbons (Fsp3) is 0.125. The lowest BCUT2D eigenvalue weighted by Crippen LogP contribution is -2.30. The van der Waals surface area contributed by atoms with E-state index in [9.17, 15) is 14.0 Å². The fourth-order valence-electron chi connectivity index (χ4n) is 1.95. The minimum Gasteiger partial charge on any atom is -0.481 e. The summed E-state index contributed by atoms with van der Waals surface area (Å²) < 4.78 is 12.9. The molecule has 0 fully saturated rings. The van der Waals surface area contributed by atoms with Crippen molar-refractivity contribution in [2.24, 2.45) is 0 Å². The summed E-state index contributed by atoms with van der Waals surface area (Å²) in [5, 5.41) is 11.6. The fourth-order valence-corrected chi connectivity index (χ4v) is 1.95. The summed E-state index contributed by atoms with van der Waals surface area (Å²) in [6.45, 7) is 0. The van der Waals surface area contributed by atoms with Gasteiger partial charge in [-0.1, -0.05) is 30.3 Å². The minimum atomic E-state index is -1.04. The van der Waals surface area contributed by atoms with Gasteiger partial charge in [0.25, 0.3) is 5.91 Å². The third-order valence-electron chi connectivity index (χ3n) is 2.99. The van der Waals surface area contributed by atoms with E-state index < -0.39 is 17.8 Å². The number of aliphatic carboxylic acids is 1. The van der Waals surface area contributed by atoms with Gasteiger partial charge in [-0.15, -0.1) is 0 Å². The van der Waals surface area contributed by atoms with Crippen LogP contribution in [0.15, 0.2) is 54.6 Å². The molecule has 21 heavy (non-hydrogen) atoms. The molecule has 1 amide bonds. The van der Waals surface area contributed by atoms with E-state index in [1.54, 1.807) is 30.3 Å². The molecule has 0 radical (unpaired) electrons. The molecule has 2 aromatic rings. The zero-order chi connectivity index (χ0) is 15.2. The maximum Gasteiger partial charge on any atom is 0.305 e. The summed E-state index contributed by atoms with van der Waals surface area (Å²) >= 11 is 0. The lowest BCUT2D eigenvalue weighted by atomic mass is 10.0. The number of halogens is 1. The lowest BCUT2D eigenvalue weighted by molar-refractivity contribution is -0.137. The van der Waals surface area contributed by atoms with Gasteiger partial charge in [0.05, 0.1) is 12.5 Å². The van der Waals surface area contributed by atoms with Crippen LogP contribution in [-0.4, -0.2) is 17.0 Å². The lowest BCUT2D eigenvalue weighted by Gasteiger charge is -2.17. The molecule has 0 aromatic heterocycles. The molecule has 108 valence electrons. The van der Waals surface area contributed by atoms with Crippen LogP contribution in [0.1, 0.15) is 28.4 Å². The molecule has 0 aliphatic heterocycles. The van der Waals surface area contributed by atoms with Crippen LogP contribution in [-0.2, 0) is 4.79 Å². The van der Waals surface area contributed by atoms with Crippen LogP contribution in [0.25, 0.3) is 0 Å². The summed E-state index contributed by atoms with van der Waals surface area (Å²) in [4.78, 5) is 23.0. The zero-order valence-corrected chi connectivity index (χ0v) is 11.1. The summed E-state index contributed by atoms with van der Waals surface area (Å²) in [5.74, 6) is -1.83. The largest absolute Gasteiger partial charge is 0.481 e. The van der Waals surface area contributed by atoms with Gasteiger partial charge < -0.3 is 10.4 Å². The molecule has 0 saturated carbocycles. The van der Waals surface area contributed by atoms with Crippen LogP contribution in [0, 0.1) is 5.82 Å². The third kappa shape index (κ3) is 4.14. The molecule has 0 aliphatic rings. The van der Waals surface area contributed by atoms with E-state index in [4.69, 9.17) is 5.11 Å². The number of carbonyl (C=O) groups excluding carboxylic acids is 1. The normalized spacial score (nSPS) is 11.7. The Hall–Kier alpha value is -2.69. The summed E-state index contributed by atoms with van der Waals surface area (Å²) in [6.07, 6.45) is -0.274. The Labute approximate surface area is 121 Å². The Kier molecular flexibility index (Phi) is 4.66. The molecule has 2 rings (SSSR count). The van der Waals surface area contributed by atoms with Crippen molar-refractivity contribution in [1.29, 1.82) is 0 Å². The maximum absolute atomic E-state index is 12.9. The van der Waals surface area contributed by atoms with E-state index in [1.165, 1.54) is 24.3 Å². The van der Waals surface area contributed by atoms with Gasteiger partial charge in [0.2, 0.25) is 0 Å². The van der Waals surface area contributed by atoms with Gasteiger partial charge in [-0.3, -0.25) is 9.59 Å². The highest BCUT2D eigenvalue weighted by Gasteiger charge is 2.18. The van der Waals surface area contributed by atoms with Crippen molar-refractivity contribution < 1.29 is 19.1 Å². The van der Waals surface area contributed by atoms with Gasteiger partial charge in [-0.25, -0.2) is 4.39 Å². The van der Waals surface area contributed by atoms with E-state index in [0.717, 1.165) is 0 Å². The Morgan fingerprint density at radius 3 is 2.24 bits per heavy atom. The van der Waals surface area contributed by atoms with E-state index in [1.807, 2.05) is 0 Å². The highest BCUT2D eigenvalue weighted by Crippen LogP contribution is 2.18. The van der Waals surface area contributed by atoms with Crippen molar-refractivity contribution in [3.8, 4) is 0 Å². The minimum absolute atomic E-state index is 0.274. The molecule has 5 heteroatoms. The van der Waals surface area contributed by atoms with Crippen molar-refractivity contribution in [3.05, 3.63) is 71.5 Å². The van der Waals surface area contributed by atoms with Crippen LogP contribution in [0.3, 0.4) is 0 Å². The second kappa shape index (κ2) is 6.65. The smallest absolute Gasteiger partial charge is 0.305 e. The van der Waals surface area contributed by atoms with E-state index in [2.05, 4.69) is 5.32 Å². The van der Waals surface area contributed by atoms with Gasteiger partial charge >= 0.3 is 5.97 Å². The molecule has 0 saturated heterocycles. The van der Waals surface area contributed by atoms with Crippen LogP contribution < -0.4 is 5.32 Å². The molecular weight excluding hydrogens is 273 g/mol. The number of carboxylic acid groups (broad SMARTS) is 1. The Morgan fingerprint density at radius 2 is 1.67 bits per heavy atom. The predicted octanol–water partition coefficient (Wildman–Crippen LogP) is 2.77. The van der Waals surface area contributed by atoms with Gasteiger partial charge in [-0.05, 0) is 29.8 Å². The number of hydrogen-bond donors (Lipinski definition) is 2. The van der Waals surface area contributed by atoms with Crippen LogP contribution >= 0.6 is 0 Å². The van der Waals surface area contributed by atoms with E-state index in [-0.39, 0.29) is 12.3 Å². The molecule has 1 atom stereocenters. The first kappa shape index (κ1) is 14.7. The standard InChI is InChI=1S/C16H14FNO3/c17-13-8-6-11(7-9-13)14(10-15(19)20)18-16(21)12-4-2-1-3-5-12/h1-9,14H,10H2,(H,18,21)(H,19,20)/t14-/m1/s1. The van der Waals surface area contributed by atoms with Gasteiger partial charge in [0.1, 0.15) is 5.82 Å². The molecule has 4 nitrogen and oxygen atoms in total. The summed E-state index contributed by atoms with van der Waals surface area (Å²) in [6, 6.07) is 13.2. The second-order valence-electron chi connectivity index (χ2n) is 4.54. The molecule has 0 unspecified atom stereocenters. The van der Waals surface area contributed by atoms with E-state index in [0.29, 0.717) is 11.1 Å². The second-order valence-corrected chi connectivity index (χ2v) is 4.54. The molecule has 2 aromatic carbocycles. The average molecular weight is 287 g/mol. The number of carboxylic acids is 1. The first-order valence-corrected chi connectivity index (χ1v) is 6.39. The van der Waals surface area contributed by atoms with Crippen molar-refractivity contribution in [1.82, 2.24) is 5.32 Å². The van der Waals surface area contributed by atoms with Crippen LogP contribution in [0.4, 0.5) is 4.39 Å². The van der Waals surface area contributed by atoms with Crippen molar-refractivity contribution in [3.63, 3.8) is 0 Å². The average Bonchev–Trinajstić information content (AvgIpc) is 2.48. The van der Waals surface area contributed by atoms with Crippen molar-refractivity contribution in [2.45, 2.75) is 12.5 Å².